The van der Waals surface area contributed by atoms with Gasteiger partial charge in [0.15, 0.2) is 0 Å². The number of nitrogens with zero attached hydrogens (tertiary/aromatic N) is 1. The van der Waals surface area contributed by atoms with Gasteiger partial charge in [0, 0.05) is 5.56 Å². The van der Waals surface area contributed by atoms with Crippen LogP contribution in [0.3, 0.4) is 0 Å². The van der Waals surface area contributed by atoms with Crippen molar-refractivity contribution in [2.75, 3.05) is 12.8 Å². The molecule has 0 amide bonds. The number of methoxy groups -OCH3 is 1. The number of aromatic carboxylic acids is 1. The van der Waals surface area contributed by atoms with Gasteiger partial charge in [0.25, 0.3) is 0 Å². The first kappa shape index (κ1) is 11.9. The van der Waals surface area contributed by atoms with Crippen molar-refractivity contribution >= 4 is 11.8 Å². The molecule has 1 aromatic heterocycles. The first-order chi connectivity index (χ1) is 8.60. The molecule has 5 heteroatoms. The maximum Gasteiger partial charge on any atom is 0.335 e. The molecule has 0 fully saturated rings. The minimum absolute atomic E-state index is 0.111. The van der Waals surface area contributed by atoms with Crippen LogP contribution in [0.15, 0.2) is 36.4 Å². The van der Waals surface area contributed by atoms with Crippen molar-refractivity contribution in [2.24, 2.45) is 0 Å². The van der Waals surface area contributed by atoms with E-state index in [2.05, 4.69) is 4.98 Å². The lowest BCUT2D eigenvalue weighted by Gasteiger charge is -2.06. The lowest BCUT2D eigenvalue weighted by molar-refractivity contribution is 0.0697. The number of pyridine rings is 1. The molecule has 0 atom stereocenters. The average molecular weight is 244 g/mol. The van der Waals surface area contributed by atoms with Crippen molar-refractivity contribution in [2.45, 2.75) is 0 Å². The molecule has 1 heterocycles. The number of hydrogen-bond acceptors (Lipinski definition) is 4. The zero-order chi connectivity index (χ0) is 13.1. The van der Waals surface area contributed by atoms with Crippen LogP contribution in [-0.2, 0) is 0 Å². The highest BCUT2D eigenvalue weighted by molar-refractivity contribution is 5.90. The van der Waals surface area contributed by atoms with E-state index >= 15 is 0 Å². The van der Waals surface area contributed by atoms with Gasteiger partial charge in [0.05, 0.1) is 18.4 Å². The average Bonchev–Trinajstić information content (AvgIpc) is 2.38. The number of carbonyl (C=O) groups is 1. The van der Waals surface area contributed by atoms with Crippen LogP contribution in [0, 0.1) is 0 Å². The van der Waals surface area contributed by atoms with Crippen LogP contribution in [-0.4, -0.2) is 23.2 Å². The highest BCUT2D eigenvalue weighted by atomic mass is 16.5. The Morgan fingerprint density at radius 3 is 2.78 bits per heavy atom. The second kappa shape index (κ2) is 4.75. The van der Waals surface area contributed by atoms with E-state index in [1.165, 1.54) is 12.1 Å². The van der Waals surface area contributed by atoms with E-state index in [0.29, 0.717) is 11.4 Å². The number of carboxylic acid groups (broad SMARTS) is 1. The van der Waals surface area contributed by atoms with E-state index in [1.807, 2.05) is 6.07 Å². The number of aromatic nitrogens is 1. The molecule has 0 aliphatic heterocycles. The Bertz CT molecular complexity index is 597. The molecule has 5 nitrogen and oxygen atoms in total. The van der Waals surface area contributed by atoms with Crippen LogP contribution in [0.5, 0.6) is 5.75 Å². The maximum atomic E-state index is 11.0. The molecule has 92 valence electrons. The standard InChI is InChI=1S/C13H12N2O3/c1-18-10-4-2-3-8(5-10)11-6-9(13(16)17)7-12(14)15-11/h2-7H,1H3,(H2,14,15)(H,16,17). The van der Waals surface area contributed by atoms with E-state index in [-0.39, 0.29) is 11.4 Å². The molecule has 0 saturated heterocycles. The zero-order valence-electron chi connectivity index (χ0n) is 9.75. The van der Waals surface area contributed by atoms with Crippen molar-refractivity contribution in [3.05, 3.63) is 42.0 Å². The molecule has 0 saturated carbocycles. The summed E-state index contributed by atoms with van der Waals surface area (Å²) in [5.74, 6) is -0.186. The molecule has 0 aliphatic rings. The van der Waals surface area contributed by atoms with Crippen LogP contribution in [0.2, 0.25) is 0 Å². The molecule has 1 aromatic carbocycles. The summed E-state index contributed by atoms with van der Waals surface area (Å²) in [5.41, 5.74) is 6.97. The number of nitrogens with two attached hydrogens (primary N) is 1. The molecule has 3 N–H and O–H groups in total. The Morgan fingerprint density at radius 1 is 1.33 bits per heavy atom. The van der Waals surface area contributed by atoms with Crippen LogP contribution in [0.4, 0.5) is 5.82 Å². The molecule has 2 aromatic rings. The van der Waals surface area contributed by atoms with Crippen LogP contribution in [0.25, 0.3) is 11.3 Å². The number of hydrogen-bond donors (Lipinski definition) is 2. The lowest BCUT2D eigenvalue weighted by Crippen LogP contribution is -2.01. The van der Waals surface area contributed by atoms with Gasteiger partial charge in [-0.05, 0) is 24.3 Å². The fraction of sp³-hybridized carbons (Fsp3) is 0.0769. The van der Waals surface area contributed by atoms with Gasteiger partial charge in [-0.2, -0.15) is 0 Å². The quantitative estimate of drug-likeness (QED) is 0.862. The van der Waals surface area contributed by atoms with Crippen LogP contribution >= 0.6 is 0 Å². The van der Waals surface area contributed by atoms with Crippen molar-refractivity contribution in [1.82, 2.24) is 4.98 Å². The van der Waals surface area contributed by atoms with Gasteiger partial charge < -0.3 is 15.6 Å². The largest absolute Gasteiger partial charge is 0.497 e. The fourth-order valence-corrected chi connectivity index (χ4v) is 1.61. The third-order valence-electron chi connectivity index (χ3n) is 2.46. The van der Waals surface area contributed by atoms with Crippen molar-refractivity contribution in [3.8, 4) is 17.0 Å². The van der Waals surface area contributed by atoms with Crippen molar-refractivity contribution < 1.29 is 14.6 Å². The van der Waals surface area contributed by atoms with E-state index in [0.717, 1.165) is 5.56 Å². The maximum absolute atomic E-state index is 11.0. The lowest BCUT2D eigenvalue weighted by atomic mass is 10.1. The SMILES string of the molecule is COc1cccc(-c2cc(C(=O)O)cc(N)n2)c1. The summed E-state index contributed by atoms with van der Waals surface area (Å²) in [7, 11) is 1.56. The highest BCUT2D eigenvalue weighted by Crippen LogP contribution is 2.24. The van der Waals surface area contributed by atoms with E-state index in [4.69, 9.17) is 15.6 Å². The summed E-state index contributed by atoms with van der Waals surface area (Å²) in [5, 5.41) is 8.97. The third-order valence-corrected chi connectivity index (χ3v) is 2.46. The summed E-state index contributed by atoms with van der Waals surface area (Å²) >= 11 is 0. The van der Waals surface area contributed by atoms with Crippen molar-refractivity contribution in [1.29, 1.82) is 0 Å². The van der Waals surface area contributed by atoms with Crippen molar-refractivity contribution in [3.63, 3.8) is 0 Å². The Balaban J connectivity index is 2.52. The Labute approximate surface area is 104 Å². The minimum atomic E-state index is -1.03. The van der Waals surface area contributed by atoms with Crippen LogP contribution < -0.4 is 10.5 Å². The first-order valence-electron chi connectivity index (χ1n) is 5.25. The first-order valence-corrected chi connectivity index (χ1v) is 5.25. The summed E-state index contributed by atoms with van der Waals surface area (Å²) in [4.78, 5) is 15.1. The van der Waals surface area contributed by atoms with Gasteiger partial charge in [-0.3, -0.25) is 0 Å². The molecule has 0 bridgehead atoms. The molecular formula is C13H12N2O3. The molecule has 0 aliphatic carbocycles. The third kappa shape index (κ3) is 2.40. The van der Waals surface area contributed by atoms with Gasteiger partial charge in [-0.1, -0.05) is 12.1 Å². The number of ether oxygens (including phenoxy) is 1. The predicted molar refractivity (Wildman–Crippen MR) is 67.6 cm³/mol. The monoisotopic (exact) mass is 244 g/mol. The van der Waals surface area contributed by atoms with Gasteiger partial charge in [0.2, 0.25) is 0 Å². The second-order valence-corrected chi connectivity index (χ2v) is 3.70. The topological polar surface area (TPSA) is 85.4 Å². The molecular weight excluding hydrogens is 232 g/mol. The Hall–Kier alpha value is -2.56. The Morgan fingerprint density at radius 2 is 2.11 bits per heavy atom. The van der Waals surface area contributed by atoms with E-state index in [1.54, 1.807) is 25.3 Å². The number of carboxylic acids is 1. The van der Waals surface area contributed by atoms with E-state index < -0.39 is 5.97 Å². The molecule has 18 heavy (non-hydrogen) atoms. The van der Waals surface area contributed by atoms with Gasteiger partial charge >= 0.3 is 5.97 Å². The number of benzene rings is 1. The normalized spacial score (nSPS) is 10.1. The second-order valence-electron chi connectivity index (χ2n) is 3.70. The molecule has 0 spiro atoms. The molecule has 2 rings (SSSR count). The highest BCUT2D eigenvalue weighted by Gasteiger charge is 2.09. The molecule has 0 unspecified atom stereocenters. The Kier molecular flexibility index (Phi) is 3.14. The zero-order valence-corrected chi connectivity index (χ0v) is 9.75. The summed E-state index contributed by atoms with van der Waals surface area (Å²) in [6.45, 7) is 0. The smallest absolute Gasteiger partial charge is 0.335 e. The summed E-state index contributed by atoms with van der Waals surface area (Å²) in [6, 6.07) is 10.00. The van der Waals surface area contributed by atoms with Gasteiger partial charge in [-0.25, -0.2) is 9.78 Å². The minimum Gasteiger partial charge on any atom is -0.497 e. The summed E-state index contributed by atoms with van der Waals surface area (Å²) in [6.07, 6.45) is 0. The molecule has 0 radical (unpaired) electrons. The van der Waals surface area contributed by atoms with Gasteiger partial charge in [-0.15, -0.1) is 0 Å². The summed E-state index contributed by atoms with van der Waals surface area (Å²) < 4.78 is 5.11. The fourth-order valence-electron chi connectivity index (χ4n) is 1.61. The van der Waals surface area contributed by atoms with E-state index in [9.17, 15) is 4.79 Å². The van der Waals surface area contributed by atoms with Crippen LogP contribution in [0.1, 0.15) is 10.4 Å². The number of anilines is 1. The predicted octanol–water partition coefficient (Wildman–Crippen LogP) is 2.04. The van der Waals surface area contributed by atoms with Gasteiger partial charge in [0.1, 0.15) is 11.6 Å². The number of rotatable bonds is 3. The number of nitrogen functional groups attached to an aromatic ring is 1.